The van der Waals surface area contributed by atoms with Gasteiger partial charge in [0, 0.05) is 5.92 Å². The van der Waals surface area contributed by atoms with Crippen molar-refractivity contribution in [1.82, 2.24) is 4.98 Å². The molecule has 2 aliphatic rings. The highest BCUT2D eigenvalue weighted by molar-refractivity contribution is 7.18. The van der Waals surface area contributed by atoms with Crippen LogP contribution in [-0.4, -0.2) is 4.98 Å². The highest BCUT2D eigenvalue weighted by Crippen LogP contribution is 2.38. The van der Waals surface area contributed by atoms with Crippen molar-refractivity contribution in [1.29, 1.82) is 0 Å². The predicted molar refractivity (Wildman–Crippen MR) is 134 cm³/mol. The van der Waals surface area contributed by atoms with Crippen LogP contribution in [0, 0.1) is 23.6 Å². The van der Waals surface area contributed by atoms with Crippen LogP contribution in [0.3, 0.4) is 0 Å². The maximum Gasteiger partial charge on any atom is 0.123 e. The van der Waals surface area contributed by atoms with E-state index >= 15 is 0 Å². The summed E-state index contributed by atoms with van der Waals surface area (Å²) in [5.41, 5.74) is 3.72. The van der Waals surface area contributed by atoms with Gasteiger partial charge in [0.25, 0.3) is 0 Å². The van der Waals surface area contributed by atoms with Gasteiger partial charge >= 0.3 is 0 Å². The highest BCUT2D eigenvalue weighted by atomic mass is 32.1. The number of thiazole rings is 1. The van der Waals surface area contributed by atoms with Gasteiger partial charge in [-0.1, -0.05) is 59.7 Å². The lowest BCUT2D eigenvalue weighted by Crippen LogP contribution is -2.01. The third-order valence-corrected chi connectivity index (χ3v) is 7.74. The number of aromatic nitrogens is 1. The second-order valence-corrected chi connectivity index (χ2v) is 11.1. The number of hydrogen-bond acceptors (Lipinski definition) is 2. The standard InChI is InChI=1S/C12H15F.C10H11NS.C6H12/c1-8(2)11-5-3-9-7-10(13)4-6-12(9)11;1-7(2)10-11-8-5-3-4-6-9(8)12-10;1-5(2)6-3-4-6/h4,6-8,11H,3,5H2,1-2H3;3-7H,1-2H3;5-6H,3-4H2,1-2H3. The van der Waals surface area contributed by atoms with Crippen molar-refractivity contribution in [3.8, 4) is 0 Å². The van der Waals surface area contributed by atoms with Crippen LogP contribution >= 0.6 is 11.3 Å². The second-order valence-electron chi connectivity index (χ2n) is 9.99. The van der Waals surface area contributed by atoms with Crippen molar-refractivity contribution < 1.29 is 4.39 Å². The van der Waals surface area contributed by atoms with E-state index < -0.39 is 0 Å². The Hall–Kier alpha value is -1.74. The van der Waals surface area contributed by atoms with Gasteiger partial charge in [0.1, 0.15) is 5.82 Å². The Labute approximate surface area is 192 Å². The van der Waals surface area contributed by atoms with Crippen LogP contribution in [0.15, 0.2) is 42.5 Å². The Bertz CT molecular complexity index is 935. The molecule has 2 aromatic carbocycles. The lowest BCUT2D eigenvalue weighted by molar-refractivity contribution is 0.495. The number of fused-ring (bicyclic) bond motifs is 2. The molecule has 1 fully saturated rings. The predicted octanol–water partition coefficient (Wildman–Crippen LogP) is 8.98. The number of nitrogens with zero attached hydrogens (tertiary/aromatic N) is 1. The summed E-state index contributed by atoms with van der Waals surface area (Å²) in [6, 6.07) is 13.5. The summed E-state index contributed by atoms with van der Waals surface area (Å²) in [5.74, 6) is 3.84. The van der Waals surface area contributed by atoms with Crippen LogP contribution in [0.2, 0.25) is 0 Å². The smallest absolute Gasteiger partial charge is 0.123 e. The average Bonchev–Trinajstić information content (AvgIpc) is 3.35. The first-order chi connectivity index (χ1) is 14.8. The zero-order chi connectivity index (χ0) is 22.5. The fraction of sp³-hybridized carbons (Fsp3) is 0.536. The molecule has 0 bridgehead atoms. The Morgan fingerprint density at radius 3 is 2.16 bits per heavy atom. The molecule has 0 amide bonds. The highest BCUT2D eigenvalue weighted by Gasteiger charge is 2.25. The minimum Gasteiger partial charge on any atom is -0.241 e. The first-order valence-corrected chi connectivity index (χ1v) is 12.7. The van der Waals surface area contributed by atoms with Crippen molar-refractivity contribution in [3.05, 3.63) is 64.4 Å². The van der Waals surface area contributed by atoms with E-state index in [-0.39, 0.29) is 5.82 Å². The van der Waals surface area contributed by atoms with Crippen LogP contribution in [0.1, 0.15) is 88.8 Å². The third kappa shape index (κ3) is 6.62. The zero-order valence-corrected chi connectivity index (χ0v) is 20.8. The van der Waals surface area contributed by atoms with E-state index in [1.54, 1.807) is 23.5 Å². The molecule has 1 heterocycles. The zero-order valence-electron chi connectivity index (χ0n) is 20.0. The van der Waals surface area contributed by atoms with Gasteiger partial charge in [-0.15, -0.1) is 11.3 Å². The molecule has 0 aliphatic heterocycles. The van der Waals surface area contributed by atoms with Gasteiger partial charge in [-0.25, -0.2) is 9.37 Å². The number of para-hydroxylation sites is 1. The molecule has 1 atom stereocenters. The van der Waals surface area contributed by atoms with Gasteiger partial charge in [0.05, 0.1) is 15.2 Å². The third-order valence-electron chi connectivity index (χ3n) is 6.40. The van der Waals surface area contributed by atoms with E-state index in [0.717, 1.165) is 23.8 Å². The van der Waals surface area contributed by atoms with Crippen molar-refractivity contribution in [2.45, 2.75) is 79.1 Å². The number of benzene rings is 2. The van der Waals surface area contributed by atoms with Crippen LogP contribution in [0.5, 0.6) is 0 Å². The molecule has 3 heteroatoms. The van der Waals surface area contributed by atoms with Crippen LogP contribution < -0.4 is 0 Å². The summed E-state index contributed by atoms with van der Waals surface area (Å²) in [6.07, 6.45) is 5.24. The molecule has 2 aliphatic carbocycles. The summed E-state index contributed by atoms with van der Waals surface area (Å²) in [5, 5.41) is 1.23. The van der Waals surface area contributed by atoms with Gasteiger partial charge in [0.2, 0.25) is 0 Å². The van der Waals surface area contributed by atoms with Gasteiger partial charge in [-0.3, -0.25) is 0 Å². The first kappa shape index (κ1) is 23.9. The van der Waals surface area contributed by atoms with E-state index in [1.807, 2.05) is 12.1 Å². The molecule has 0 saturated heterocycles. The van der Waals surface area contributed by atoms with Gasteiger partial charge in [-0.2, -0.15) is 0 Å². The topological polar surface area (TPSA) is 12.9 Å². The summed E-state index contributed by atoms with van der Waals surface area (Å²) in [6.45, 7) is 13.4. The van der Waals surface area contributed by atoms with Gasteiger partial charge in [0.15, 0.2) is 0 Å². The fourth-order valence-corrected chi connectivity index (χ4v) is 5.18. The second kappa shape index (κ2) is 10.7. The van der Waals surface area contributed by atoms with Crippen molar-refractivity contribution in [3.63, 3.8) is 0 Å². The van der Waals surface area contributed by atoms with E-state index in [4.69, 9.17) is 0 Å². The molecule has 3 aromatic rings. The van der Waals surface area contributed by atoms with Crippen LogP contribution in [0.4, 0.5) is 4.39 Å². The van der Waals surface area contributed by atoms with Crippen molar-refractivity contribution in [2.75, 3.05) is 0 Å². The molecule has 1 saturated carbocycles. The first-order valence-electron chi connectivity index (χ1n) is 11.9. The number of hydrogen-bond donors (Lipinski definition) is 0. The van der Waals surface area contributed by atoms with Gasteiger partial charge < -0.3 is 0 Å². The molecule has 1 unspecified atom stereocenters. The summed E-state index contributed by atoms with van der Waals surface area (Å²) in [4.78, 5) is 4.53. The molecule has 0 N–H and O–H groups in total. The molecule has 31 heavy (non-hydrogen) atoms. The Morgan fingerprint density at radius 1 is 0.903 bits per heavy atom. The van der Waals surface area contributed by atoms with E-state index in [9.17, 15) is 4.39 Å². The van der Waals surface area contributed by atoms with Crippen LogP contribution in [-0.2, 0) is 6.42 Å². The van der Waals surface area contributed by atoms with Crippen molar-refractivity contribution in [2.24, 2.45) is 17.8 Å². The molecule has 168 valence electrons. The normalized spacial score (nSPS) is 17.4. The Morgan fingerprint density at radius 2 is 1.61 bits per heavy atom. The maximum atomic E-state index is 12.9. The Kier molecular flexibility index (Phi) is 8.27. The molecule has 1 aromatic heterocycles. The van der Waals surface area contributed by atoms with E-state index in [0.29, 0.717) is 17.8 Å². The monoisotopic (exact) mass is 439 g/mol. The molecular weight excluding hydrogens is 401 g/mol. The van der Waals surface area contributed by atoms with E-state index in [2.05, 4.69) is 64.7 Å². The van der Waals surface area contributed by atoms with Crippen molar-refractivity contribution >= 4 is 21.6 Å². The summed E-state index contributed by atoms with van der Waals surface area (Å²) in [7, 11) is 0. The molecule has 1 nitrogen and oxygen atoms in total. The lowest BCUT2D eigenvalue weighted by atomic mass is 9.90. The molecule has 5 rings (SSSR count). The largest absolute Gasteiger partial charge is 0.241 e. The SMILES string of the molecule is CC(C)C1CC1.CC(C)C1CCc2cc(F)ccc21.CC(C)c1nc2ccccc2s1. The molecular formula is C28H38FNS. The van der Waals surface area contributed by atoms with Gasteiger partial charge in [-0.05, 0) is 84.7 Å². The fourth-order valence-electron chi connectivity index (χ4n) is 4.21. The molecule has 0 radical (unpaired) electrons. The number of halogens is 1. The summed E-state index contributed by atoms with van der Waals surface area (Å²) < 4.78 is 14.2. The van der Waals surface area contributed by atoms with E-state index in [1.165, 1.54) is 40.1 Å². The lowest BCUT2D eigenvalue weighted by Gasteiger charge is -2.15. The quantitative estimate of drug-likeness (QED) is 0.397. The Balaban J connectivity index is 0.000000140. The maximum absolute atomic E-state index is 12.9. The average molecular weight is 440 g/mol. The molecule has 0 spiro atoms. The number of aryl methyl sites for hydroxylation is 1. The van der Waals surface area contributed by atoms with Crippen LogP contribution in [0.25, 0.3) is 10.2 Å². The minimum absolute atomic E-state index is 0.0943. The minimum atomic E-state index is -0.0943. The summed E-state index contributed by atoms with van der Waals surface area (Å²) >= 11 is 1.79. The number of rotatable bonds is 3.